The first kappa shape index (κ1) is 12.6. The van der Waals surface area contributed by atoms with E-state index < -0.39 is 0 Å². The zero-order chi connectivity index (χ0) is 12.4. The fourth-order valence-corrected chi connectivity index (χ4v) is 2.77. The van der Waals surface area contributed by atoms with Crippen molar-refractivity contribution in [2.24, 2.45) is 5.92 Å². The smallest absolute Gasteiger partial charge is 0.0615 e. The maximum absolute atomic E-state index is 9.99. The Morgan fingerprint density at radius 3 is 2.47 bits per heavy atom. The van der Waals surface area contributed by atoms with Gasteiger partial charge in [0.15, 0.2) is 0 Å². The molecule has 2 atom stereocenters. The molecule has 2 rings (SSSR count). The first-order valence-electron chi connectivity index (χ1n) is 6.40. The van der Waals surface area contributed by atoms with Gasteiger partial charge in [0.2, 0.25) is 0 Å². The summed E-state index contributed by atoms with van der Waals surface area (Å²) in [6.07, 6.45) is 1.50. The van der Waals surface area contributed by atoms with E-state index in [1.807, 2.05) is 0 Å². The van der Waals surface area contributed by atoms with Gasteiger partial charge in [-0.3, -0.25) is 0 Å². The molecule has 0 amide bonds. The van der Waals surface area contributed by atoms with Crippen LogP contribution in [0.3, 0.4) is 0 Å². The highest BCUT2D eigenvalue weighted by Crippen LogP contribution is 2.24. The number of rotatable bonds is 2. The fraction of sp³-hybridized carbons (Fsp3) is 0.600. The minimum Gasteiger partial charge on any atom is -0.393 e. The van der Waals surface area contributed by atoms with Crippen LogP contribution in [0, 0.1) is 26.7 Å². The highest BCUT2D eigenvalue weighted by atomic mass is 16.5. The van der Waals surface area contributed by atoms with Gasteiger partial charge in [0.1, 0.15) is 0 Å². The highest BCUT2D eigenvalue weighted by Gasteiger charge is 2.24. The predicted molar refractivity (Wildman–Crippen MR) is 69.3 cm³/mol. The molecule has 1 aromatic rings. The van der Waals surface area contributed by atoms with E-state index in [0.29, 0.717) is 13.2 Å². The maximum atomic E-state index is 9.99. The Morgan fingerprint density at radius 1 is 1.24 bits per heavy atom. The van der Waals surface area contributed by atoms with Crippen molar-refractivity contribution in [1.29, 1.82) is 0 Å². The molecule has 0 saturated carbocycles. The Bertz CT molecular complexity index is 375. The van der Waals surface area contributed by atoms with Crippen molar-refractivity contribution >= 4 is 0 Å². The number of aryl methyl sites for hydroxylation is 3. The molecule has 1 heterocycles. The third-order valence-corrected chi connectivity index (χ3v) is 3.74. The van der Waals surface area contributed by atoms with E-state index in [-0.39, 0.29) is 12.0 Å². The Morgan fingerprint density at radius 2 is 1.88 bits per heavy atom. The summed E-state index contributed by atoms with van der Waals surface area (Å²) in [4.78, 5) is 0. The van der Waals surface area contributed by atoms with Crippen molar-refractivity contribution in [2.45, 2.75) is 39.7 Å². The Balaban J connectivity index is 2.17. The van der Waals surface area contributed by atoms with Crippen LogP contribution < -0.4 is 0 Å². The summed E-state index contributed by atoms with van der Waals surface area (Å²) in [5.41, 5.74) is 5.36. The maximum Gasteiger partial charge on any atom is 0.0615 e. The van der Waals surface area contributed by atoms with Crippen LogP contribution in [-0.4, -0.2) is 24.4 Å². The van der Waals surface area contributed by atoms with E-state index in [1.165, 1.54) is 22.3 Å². The van der Waals surface area contributed by atoms with Gasteiger partial charge in [-0.2, -0.15) is 0 Å². The molecule has 17 heavy (non-hydrogen) atoms. The molecular formula is C15H22O2. The summed E-state index contributed by atoms with van der Waals surface area (Å²) in [6.45, 7) is 7.83. The molecule has 1 N–H and O–H groups in total. The largest absolute Gasteiger partial charge is 0.393 e. The Hall–Kier alpha value is -0.860. The molecule has 1 aliphatic heterocycles. The lowest BCUT2D eigenvalue weighted by Gasteiger charge is -2.28. The molecule has 0 spiro atoms. The van der Waals surface area contributed by atoms with Gasteiger partial charge in [0.05, 0.1) is 12.7 Å². The quantitative estimate of drug-likeness (QED) is 0.852. The molecule has 0 aromatic heterocycles. The van der Waals surface area contributed by atoms with Crippen molar-refractivity contribution in [3.05, 3.63) is 34.4 Å². The van der Waals surface area contributed by atoms with E-state index in [0.717, 1.165) is 12.8 Å². The summed E-state index contributed by atoms with van der Waals surface area (Å²) in [5.74, 6) is 0.254. The molecule has 1 aliphatic rings. The van der Waals surface area contributed by atoms with Crippen molar-refractivity contribution in [2.75, 3.05) is 13.2 Å². The van der Waals surface area contributed by atoms with Crippen molar-refractivity contribution < 1.29 is 9.84 Å². The highest BCUT2D eigenvalue weighted by molar-refractivity contribution is 5.37. The topological polar surface area (TPSA) is 29.5 Å². The number of aliphatic hydroxyl groups is 1. The molecule has 1 fully saturated rings. The van der Waals surface area contributed by atoms with Gasteiger partial charge >= 0.3 is 0 Å². The number of aliphatic hydroxyl groups excluding tert-OH is 1. The zero-order valence-electron chi connectivity index (χ0n) is 11.0. The van der Waals surface area contributed by atoms with Crippen LogP contribution in [-0.2, 0) is 11.2 Å². The first-order valence-corrected chi connectivity index (χ1v) is 6.40. The SMILES string of the molecule is Cc1cc(C)c(CC2COCCC2O)c(C)c1. The first-order chi connectivity index (χ1) is 8.08. The van der Waals surface area contributed by atoms with Gasteiger partial charge in [0.25, 0.3) is 0 Å². The lowest BCUT2D eigenvalue weighted by atomic mass is 9.87. The van der Waals surface area contributed by atoms with E-state index in [9.17, 15) is 5.11 Å². The molecule has 0 aliphatic carbocycles. The van der Waals surface area contributed by atoms with Crippen LogP contribution in [0.1, 0.15) is 28.7 Å². The molecule has 1 saturated heterocycles. The number of benzene rings is 1. The van der Waals surface area contributed by atoms with Gasteiger partial charge in [0, 0.05) is 12.5 Å². The average molecular weight is 234 g/mol. The Labute approximate surface area is 104 Å². The van der Waals surface area contributed by atoms with E-state index in [2.05, 4.69) is 32.9 Å². The Kier molecular flexibility index (Phi) is 3.85. The second kappa shape index (κ2) is 5.19. The zero-order valence-corrected chi connectivity index (χ0v) is 11.0. The van der Waals surface area contributed by atoms with E-state index in [4.69, 9.17) is 4.74 Å². The lowest BCUT2D eigenvalue weighted by molar-refractivity contribution is -0.0351. The lowest BCUT2D eigenvalue weighted by Crippen LogP contribution is -2.33. The molecule has 0 bridgehead atoms. The summed E-state index contributed by atoms with van der Waals surface area (Å²) >= 11 is 0. The third-order valence-electron chi connectivity index (χ3n) is 3.74. The van der Waals surface area contributed by atoms with Crippen molar-refractivity contribution in [1.82, 2.24) is 0 Å². The summed E-state index contributed by atoms with van der Waals surface area (Å²) in [7, 11) is 0. The fourth-order valence-electron chi connectivity index (χ4n) is 2.77. The standard InChI is InChI=1S/C15H22O2/c1-10-6-11(2)14(12(3)7-10)8-13-9-17-5-4-15(13)16/h6-7,13,15-16H,4-5,8-9H2,1-3H3. The van der Waals surface area contributed by atoms with Gasteiger partial charge in [-0.05, 0) is 50.3 Å². The molecular weight excluding hydrogens is 212 g/mol. The molecule has 94 valence electrons. The van der Waals surface area contributed by atoms with Gasteiger partial charge < -0.3 is 9.84 Å². The van der Waals surface area contributed by atoms with E-state index in [1.54, 1.807) is 0 Å². The molecule has 2 unspecified atom stereocenters. The van der Waals surface area contributed by atoms with Crippen molar-refractivity contribution in [3.8, 4) is 0 Å². The molecule has 1 aromatic carbocycles. The van der Waals surface area contributed by atoms with Gasteiger partial charge in [-0.15, -0.1) is 0 Å². The summed E-state index contributed by atoms with van der Waals surface area (Å²) in [6, 6.07) is 4.44. The van der Waals surface area contributed by atoms with Crippen LogP contribution in [0.4, 0.5) is 0 Å². The third kappa shape index (κ3) is 2.88. The minimum absolute atomic E-state index is 0.205. The van der Waals surface area contributed by atoms with E-state index >= 15 is 0 Å². The molecule has 2 nitrogen and oxygen atoms in total. The van der Waals surface area contributed by atoms with Crippen LogP contribution in [0.5, 0.6) is 0 Å². The minimum atomic E-state index is -0.205. The van der Waals surface area contributed by atoms with Gasteiger partial charge in [-0.1, -0.05) is 17.7 Å². The summed E-state index contributed by atoms with van der Waals surface area (Å²) < 4.78 is 5.47. The average Bonchev–Trinajstić information content (AvgIpc) is 2.25. The monoisotopic (exact) mass is 234 g/mol. The normalized spacial score (nSPS) is 24.9. The van der Waals surface area contributed by atoms with Crippen LogP contribution in [0.15, 0.2) is 12.1 Å². The van der Waals surface area contributed by atoms with Crippen molar-refractivity contribution in [3.63, 3.8) is 0 Å². The predicted octanol–water partition coefficient (Wildman–Crippen LogP) is 2.55. The molecule has 2 heteroatoms. The number of ether oxygens (including phenoxy) is 1. The second-order valence-electron chi connectivity index (χ2n) is 5.27. The number of hydrogen-bond acceptors (Lipinski definition) is 2. The van der Waals surface area contributed by atoms with Gasteiger partial charge in [-0.25, -0.2) is 0 Å². The van der Waals surface area contributed by atoms with Crippen LogP contribution >= 0.6 is 0 Å². The van der Waals surface area contributed by atoms with Crippen LogP contribution in [0.2, 0.25) is 0 Å². The number of hydrogen-bond donors (Lipinski definition) is 1. The summed E-state index contributed by atoms with van der Waals surface area (Å²) in [5, 5.41) is 9.99. The molecule has 0 radical (unpaired) electrons. The van der Waals surface area contributed by atoms with Crippen LogP contribution in [0.25, 0.3) is 0 Å². The second-order valence-corrected chi connectivity index (χ2v) is 5.27.